The van der Waals surface area contributed by atoms with Crippen LogP contribution in [0.15, 0.2) is 54.7 Å². The molecule has 126 valence electrons. The molecule has 4 nitrogen and oxygen atoms in total. The van der Waals surface area contributed by atoms with Crippen LogP contribution in [0.3, 0.4) is 0 Å². The average Bonchev–Trinajstić information content (AvgIpc) is 3.46. The fourth-order valence-electron chi connectivity index (χ4n) is 2.96. The van der Waals surface area contributed by atoms with Crippen LogP contribution in [0.1, 0.15) is 31.0 Å². The molecule has 1 aromatic carbocycles. The summed E-state index contributed by atoms with van der Waals surface area (Å²) < 4.78 is 0. The number of urea groups is 1. The van der Waals surface area contributed by atoms with E-state index in [1.807, 2.05) is 41.3 Å². The summed E-state index contributed by atoms with van der Waals surface area (Å²) >= 11 is 0. The van der Waals surface area contributed by atoms with Gasteiger partial charge in [0.2, 0.25) is 0 Å². The van der Waals surface area contributed by atoms with E-state index in [0.717, 1.165) is 12.1 Å². The van der Waals surface area contributed by atoms with Crippen molar-refractivity contribution in [1.82, 2.24) is 15.2 Å². The van der Waals surface area contributed by atoms with Gasteiger partial charge in [-0.3, -0.25) is 4.98 Å². The van der Waals surface area contributed by atoms with Crippen LogP contribution in [-0.4, -0.2) is 28.5 Å². The lowest BCUT2D eigenvalue weighted by Crippen LogP contribution is -2.46. The summed E-state index contributed by atoms with van der Waals surface area (Å²) in [7, 11) is 0. The second-order valence-electron chi connectivity index (χ2n) is 6.49. The number of rotatable bonds is 7. The van der Waals surface area contributed by atoms with Gasteiger partial charge in [0.15, 0.2) is 0 Å². The molecule has 0 radical (unpaired) electrons. The molecule has 1 atom stereocenters. The number of nitrogens with zero attached hydrogens (tertiary/aromatic N) is 2. The first-order chi connectivity index (χ1) is 11.7. The third kappa shape index (κ3) is 4.57. The van der Waals surface area contributed by atoms with Crippen molar-refractivity contribution >= 4 is 6.03 Å². The van der Waals surface area contributed by atoms with Crippen molar-refractivity contribution in [3.8, 4) is 0 Å². The van der Waals surface area contributed by atoms with Gasteiger partial charge in [-0.25, -0.2) is 4.79 Å². The fraction of sp³-hybridized carbons (Fsp3) is 0.400. The number of amides is 2. The van der Waals surface area contributed by atoms with Crippen LogP contribution in [0.4, 0.5) is 4.79 Å². The van der Waals surface area contributed by atoms with E-state index >= 15 is 0 Å². The number of pyridine rings is 1. The first kappa shape index (κ1) is 16.5. The Morgan fingerprint density at radius 3 is 2.62 bits per heavy atom. The number of carbonyl (C=O) groups excluding carboxylic acids is 1. The number of carbonyl (C=O) groups is 1. The van der Waals surface area contributed by atoms with Gasteiger partial charge < -0.3 is 10.2 Å². The molecule has 0 spiro atoms. The van der Waals surface area contributed by atoms with Crippen molar-refractivity contribution in [2.75, 3.05) is 6.54 Å². The summed E-state index contributed by atoms with van der Waals surface area (Å²) in [5.74, 6) is 0.648. The molecule has 0 saturated heterocycles. The van der Waals surface area contributed by atoms with Gasteiger partial charge in [-0.05, 0) is 43.4 Å². The van der Waals surface area contributed by atoms with Crippen molar-refractivity contribution in [3.05, 3.63) is 66.0 Å². The van der Waals surface area contributed by atoms with E-state index in [1.165, 1.54) is 18.4 Å². The SMILES string of the molecule is C[C@@H](C1CC1)N(Cc1ccccc1)C(=O)NCCc1ccccn1. The van der Waals surface area contributed by atoms with Gasteiger partial charge in [0, 0.05) is 37.4 Å². The lowest BCUT2D eigenvalue weighted by Gasteiger charge is -2.29. The van der Waals surface area contributed by atoms with E-state index in [0.29, 0.717) is 19.0 Å². The maximum atomic E-state index is 12.7. The molecule has 1 aliphatic carbocycles. The predicted molar refractivity (Wildman–Crippen MR) is 95.5 cm³/mol. The second-order valence-corrected chi connectivity index (χ2v) is 6.49. The highest BCUT2D eigenvalue weighted by Crippen LogP contribution is 2.35. The first-order valence-electron chi connectivity index (χ1n) is 8.72. The Hall–Kier alpha value is -2.36. The summed E-state index contributed by atoms with van der Waals surface area (Å²) in [6.45, 7) is 3.44. The van der Waals surface area contributed by atoms with E-state index in [2.05, 4.69) is 29.4 Å². The lowest BCUT2D eigenvalue weighted by molar-refractivity contribution is 0.167. The third-order valence-electron chi connectivity index (χ3n) is 4.64. The summed E-state index contributed by atoms with van der Waals surface area (Å²) in [4.78, 5) is 19.0. The third-order valence-corrected chi connectivity index (χ3v) is 4.64. The van der Waals surface area contributed by atoms with Crippen molar-refractivity contribution in [1.29, 1.82) is 0 Å². The standard InChI is InChI=1S/C20H25N3O/c1-16(18-10-11-18)23(15-17-7-3-2-4-8-17)20(24)22-14-12-19-9-5-6-13-21-19/h2-9,13,16,18H,10-12,14-15H2,1H3,(H,22,24)/t16-/m0/s1. The highest BCUT2D eigenvalue weighted by molar-refractivity contribution is 5.74. The van der Waals surface area contributed by atoms with Crippen LogP contribution in [0, 0.1) is 5.92 Å². The molecule has 3 rings (SSSR count). The van der Waals surface area contributed by atoms with Crippen molar-refractivity contribution in [2.45, 2.75) is 38.8 Å². The smallest absolute Gasteiger partial charge is 0.317 e. The molecular formula is C20H25N3O. The van der Waals surface area contributed by atoms with Crippen LogP contribution in [0.2, 0.25) is 0 Å². The number of benzene rings is 1. The highest BCUT2D eigenvalue weighted by Gasteiger charge is 2.34. The maximum Gasteiger partial charge on any atom is 0.317 e. The molecule has 2 amide bonds. The molecule has 0 bridgehead atoms. The molecule has 1 aromatic heterocycles. The molecule has 1 aliphatic rings. The van der Waals surface area contributed by atoms with Gasteiger partial charge in [-0.15, -0.1) is 0 Å². The zero-order valence-electron chi connectivity index (χ0n) is 14.2. The topological polar surface area (TPSA) is 45.2 Å². The minimum atomic E-state index is 0.0224. The second kappa shape index (κ2) is 7.95. The predicted octanol–water partition coefficient (Wildman–Crippen LogP) is 3.63. The number of nitrogens with one attached hydrogen (secondary N) is 1. The maximum absolute atomic E-state index is 12.7. The molecule has 1 fully saturated rings. The molecule has 0 unspecified atom stereocenters. The molecular weight excluding hydrogens is 298 g/mol. The van der Waals surface area contributed by atoms with E-state index in [1.54, 1.807) is 6.20 Å². The van der Waals surface area contributed by atoms with E-state index in [-0.39, 0.29) is 12.1 Å². The molecule has 1 N–H and O–H groups in total. The summed E-state index contributed by atoms with van der Waals surface area (Å²) in [6, 6.07) is 16.4. The summed E-state index contributed by atoms with van der Waals surface area (Å²) in [6.07, 6.45) is 5.00. The van der Waals surface area contributed by atoms with Crippen LogP contribution in [0.25, 0.3) is 0 Å². The molecule has 2 aromatic rings. The first-order valence-corrected chi connectivity index (χ1v) is 8.72. The Bertz CT molecular complexity index is 640. The molecule has 1 heterocycles. The molecule has 4 heteroatoms. The fourth-order valence-corrected chi connectivity index (χ4v) is 2.96. The minimum absolute atomic E-state index is 0.0224. The zero-order chi connectivity index (χ0) is 16.8. The van der Waals surface area contributed by atoms with Gasteiger partial charge in [-0.1, -0.05) is 36.4 Å². The Kier molecular flexibility index (Phi) is 5.47. The minimum Gasteiger partial charge on any atom is -0.338 e. The van der Waals surface area contributed by atoms with Gasteiger partial charge in [0.25, 0.3) is 0 Å². The van der Waals surface area contributed by atoms with Gasteiger partial charge in [0.05, 0.1) is 0 Å². The van der Waals surface area contributed by atoms with Gasteiger partial charge >= 0.3 is 6.03 Å². The largest absolute Gasteiger partial charge is 0.338 e. The Morgan fingerprint density at radius 2 is 1.96 bits per heavy atom. The molecule has 1 saturated carbocycles. The van der Waals surface area contributed by atoms with Crippen LogP contribution < -0.4 is 5.32 Å². The number of aromatic nitrogens is 1. The Balaban J connectivity index is 1.58. The van der Waals surface area contributed by atoms with Gasteiger partial charge in [-0.2, -0.15) is 0 Å². The zero-order valence-corrected chi connectivity index (χ0v) is 14.2. The molecule has 24 heavy (non-hydrogen) atoms. The van der Waals surface area contributed by atoms with Crippen molar-refractivity contribution in [2.24, 2.45) is 5.92 Å². The Labute approximate surface area is 143 Å². The Morgan fingerprint density at radius 1 is 1.21 bits per heavy atom. The van der Waals surface area contributed by atoms with E-state index < -0.39 is 0 Å². The highest BCUT2D eigenvalue weighted by atomic mass is 16.2. The van der Waals surface area contributed by atoms with Crippen LogP contribution in [0.5, 0.6) is 0 Å². The monoisotopic (exact) mass is 323 g/mol. The van der Waals surface area contributed by atoms with Crippen LogP contribution in [-0.2, 0) is 13.0 Å². The molecule has 0 aliphatic heterocycles. The normalized spacial score (nSPS) is 14.9. The van der Waals surface area contributed by atoms with Crippen molar-refractivity contribution < 1.29 is 4.79 Å². The average molecular weight is 323 g/mol. The quantitative estimate of drug-likeness (QED) is 0.845. The van der Waals surface area contributed by atoms with E-state index in [9.17, 15) is 4.79 Å². The lowest BCUT2D eigenvalue weighted by atomic mass is 10.1. The number of hydrogen-bond acceptors (Lipinski definition) is 2. The summed E-state index contributed by atoms with van der Waals surface area (Å²) in [5.41, 5.74) is 2.17. The van der Waals surface area contributed by atoms with Gasteiger partial charge in [0.1, 0.15) is 0 Å². The van der Waals surface area contributed by atoms with Crippen LogP contribution >= 0.6 is 0 Å². The van der Waals surface area contributed by atoms with E-state index in [4.69, 9.17) is 0 Å². The number of hydrogen-bond donors (Lipinski definition) is 1. The summed E-state index contributed by atoms with van der Waals surface area (Å²) in [5, 5.41) is 3.06. The van der Waals surface area contributed by atoms with Crippen molar-refractivity contribution in [3.63, 3.8) is 0 Å².